The number of fused-ring (bicyclic) bond motifs is 7. The molecule has 220 valence electrons. The van der Waals surface area contributed by atoms with Crippen molar-refractivity contribution >= 4 is 60.2 Å². The van der Waals surface area contributed by atoms with Crippen LogP contribution in [0.4, 0.5) is 17.1 Å². The van der Waals surface area contributed by atoms with E-state index in [-0.39, 0.29) is 0 Å². The van der Waals surface area contributed by atoms with E-state index in [1.165, 1.54) is 65.3 Å². The fourth-order valence-electron chi connectivity index (χ4n) is 7.16. The Kier molecular flexibility index (Phi) is 6.54. The van der Waals surface area contributed by atoms with Gasteiger partial charge in [-0.15, -0.1) is 0 Å². The van der Waals surface area contributed by atoms with Crippen LogP contribution in [-0.2, 0) is 0 Å². The van der Waals surface area contributed by atoms with Gasteiger partial charge >= 0.3 is 0 Å². The zero-order valence-electron chi connectivity index (χ0n) is 25.8. The van der Waals surface area contributed by atoms with Gasteiger partial charge in [0.2, 0.25) is 0 Å². The summed E-state index contributed by atoms with van der Waals surface area (Å²) in [6.45, 7) is 0. The fourth-order valence-corrected chi connectivity index (χ4v) is 7.16. The average molecular weight is 598 g/mol. The number of hydrogen-bond donors (Lipinski definition) is 0. The highest BCUT2D eigenvalue weighted by molar-refractivity contribution is 6.27. The van der Waals surface area contributed by atoms with Gasteiger partial charge in [0.05, 0.1) is 5.69 Å². The zero-order chi connectivity index (χ0) is 31.2. The third-order valence-corrected chi connectivity index (χ3v) is 9.39. The number of anilines is 3. The standard InChI is InChI=1S/C46H31N/c1-4-12-32(13-5-1)38-27-29-44(42(30-38)33-14-6-2-7-15-33)47(39-17-8-3-9-18-39)40-28-26-35-21-23-37-25-24-36-22-20-34-16-10-11-19-41(34)45(36)46(37)43(35)31-40/h1-31H. The summed E-state index contributed by atoms with van der Waals surface area (Å²) in [6, 6.07) is 68.3. The molecule has 0 saturated carbocycles. The van der Waals surface area contributed by atoms with E-state index in [1.54, 1.807) is 0 Å². The second kappa shape index (κ2) is 11.3. The SMILES string of the molecule is c1ccc(-c2ccc(N(c3ccccc3)c3ccc4ccc5ccc6ccc7ccccc7c6c5c4c3)c(-c3ccccc3)c2)cc1. The molecule has 0 radical (unpaired) electrons. The largest absolute Gasteiger partial charge is 0.310 e. The van der Waals surface area contributed by atoms with Crippen molar-refractivity contribution in [3.8, 4) is 22.3 Å². The summed E-state index contributed by atoms with van der Waals surface area (Å²) in [7, 11) is 0. The second-order valence-electron chi connectivity index (χ2n) is 12.2. The van der Waals surface area contributed by atoms with Crippen LogP contribution >= 0.6 is 0 Å². The van der Waals surface area contributed by atoms with Gasteiger partial charge in [-0.05, 0) is 96.2 Å². The molecule has 0 spiro atoms. The third kappa shape index (κ3) is 4.72. The predicted octanol–water partition coefficient (Wildman–Crippen LogP) is 13.1. The molecule has 0 aliphatic heterocycles. The Hall–Kier alpha value is -6.18. The summed E-state index contributed by atoms with van der Waals surface area (Å²) in [5.41, 5.74) is 8.15. The normalized spacial score (nSPS) is 11.4. The molecule has 1 nitrogen and oxygen atoms in total. The van der Waals surface area contributed by atoms with Crippen LogP contribution in [-0.4, -0.2) is 0 Å². The van der Waals surface area contributed by atoms with Crippen molar-refractivity contribution in [2.45, 2.75) is 0 Å². The van der Waals surface area contributed by atoms with Gasteiger partial charge in [0.1, 0.15) is 0 Å². The van der Waals surface area contributed by atoms with E-state index in [1.807, 2.05) is 0 Å². The lowest BCUT2D eigenvalue weighted by Crippen LogP contribution is -2.11. The van der Waals surface area contributed by atoms with Gasteiger partial charge in [0.15, 0.2) is 0 Å². The van der Waals surface area contributed by atoms with Crippen molar-refractivity contribution in [1.82, 2.24) is 0 Å². The minimum absolute atomic E-state index is 1.12. The summed E-state index contributed by atoms with van der Waals surface area (Å²) in [5.74, 6) is 0. The maximum atomic E-state index is 2.42. The highest BCUT2D eigenvalue weighted by Gasteiger charge is 2.19. The molecule has 0 aliphatic carbocycles. The van der Waals surface area contributed by atoms with Crippen LogP contribution in [0.25, 0.3) is 65.3 Å². The molecule has 0 fully saturated rings. The first kappa shape index (κ1) is 27.2. The zero-order valence-corrected chi connectivity index (χ0v) is 25.8. The van der Waals surface area contributed by atoms with Crippen molar-refractivity contribution in [3.05, 3.63) is 188 Å². The molecule has 0 aliphatic rings. The smallest absolute Gasteiger partial charge is 0.0540 e. The van der Waals surface area contributed by atoms with Crippen molar-refractivity contribution in [2.75, 3.05) is 4.90 Å². The first-order valence-electron chi connectivity index (χ1n) is 16.2. The maximum Gasteiger partial charge on any atom is 0.0540 e. The van der Waals surface area contributed by atoms with Crippen LogP contribution in [0.5, 0.6) is 0 Å². The van der Waals surface area contributed by atoms with Crippen LogP contribution in [0.2, 0.25) is 0 Å². The lowest BCUT2D eigenvalue weighted by Gasteiger charge is -2.29. The quantitative estimate of drug-likeness (QED) is 0.178. The number of hydrogen-bond acceptors (Lipinski definition) is 1. The van der Waals surface area contributed by atoms with Gasteiger partial charge in [-0.1, -0.05) is 152 Å². The lowest BCUT2D eigenvalue weighted by atomic mass is 9.92. The van der Waals surface area contributed by atoms with Gasteiger partial charge in [-0.3, -0.25) is 0 Å². The Bertz CT molecular complexity index is 2540. The van der Waals surface area contributed by atoms with E-state index >= 15 is 0 Å². The highest BCUT2D eigenvalue weighted by Crippen LogP contribution is 2.44. The van der Waals surface area contributed by atoms with E-state index in [2.05, 4.69) is 193 Å². The van der Waals surface area contributed by atoms with Crippen molar-refractivity contribution < 1.29 is 0 Å². The highest BCUT2D eigenvalue weighted by atomic mass is 15.1. The Morgan fingerprint density at radius 3 is 1.53 bits per heavy atom. The average Bonchev–Trinajstić information content (AvgIpc) is 3.15. The van der Waals surface area contributed by atoms with Crippen LogP contribution < -0.4 is 4.90 Å². The first-order chi connectivity index (χ1) is 23.3. The summed E-state index contributed by atoms with van der Waals surface area (Å²) < 4.78 is 0. The molecule has 0 bridgehead atoms. The minimum atomic E-state index is 1.12. The molecule has 0 unspecified atom stereocenters. The molecule has 0 N–H and O–H groups in total. The Morgan fingerprint density at radius 2 is 0.830 bits per heavy atom. The van der Waals surface area contributed by atoms with E-state index < -0.39 is 0 Å². The number of nitrogens with zero attached hydrogens (tertiary/aromatic N) is 1. The minimum Gasteiger partial charge on any atom is -0.310 e. The number of rotatable bonds is 5. The molecule has 9 aromatic rings. The van der Waals surface area contributed by atoms with Crippen molar-refractivity contribution in [1.29, 1.82) is 0 Å². The fraction of sp³-hybridized carbons (Fsp3) is 0. The predicted molar refractivity (Wildman–Crippen MR) is 202 cm³/mol. The Labute approximate surface area is 274 Å². The monoisotopic (exact) mass is 597 g/mol. The summed E-state index contributed by atoms with van der Waals surface area (Å²) in [6.07, 6.45) is 0. The Morgan fingerprint density at radius 1 is 0.298 bits per heavy atom. The van der Waals surface area contributed by atoms with Gasteiger partial charge in [0, 0.05) is 16.9 Å². The summed E-state index contributed by atoms with van der Waals surface area (Å²) >= 11 is 0. The molecule has 1 heteroatoms. The lowest BCUT2D eigenvalue weighted by molar-refractivity contribution is 1.29. The van der Waals surface area contributed by atoms with E-state index in [0.29, 0.717) is 0 Å². The van der Waals surface area contributed by atoms with Crippen LogP contribution in [0, 0.1) is 0 Å². The van der Waals surface area contributed by atoms with Gasteiger partial charge in [-0.2, -0.15) is 0 Å². The molecule has 0 saturated heterocycles. The van der Waals surface area contributed by atoms with E-state index in [4.69, 9.17) is 0 Å². The second-order valence-corrected chi connectivity index (χ2v) is 12.2. The summed E-state index contributed by atoms with van der Waals surface area (Å²) in [5, 5.41) is 10.2. The first-order valence-corrected chi connectivity index (χ1v) is 16.2. The molecule has 47 heavy (non-hydrogen) atoms. The van der Waals surface area contributed by atoms with E-state index in [0.717, 1.165) is 17.1 Å². The van der Waals surface area contributed by atoms with Gasteiger partial charge < -0.3 is 4.90 Å². The molecule has 0 amide bonds. The van der Waals surface area contributed by atoms with Gasteiger partial charge in [-0.25, -0.2) is 0 Å². The molecular formula is C46H31N. The third-order valence-electron chi connectivity index (χ3n) is 9.39. The molecule has 9 aromatic carbocycles. The number of benzene rings is 9. The van der Waals surface area contributed by atoms with Gasteiger partial charge in [0.25, 0.3) is 0 Å². The number of para-hydroxylation sites is 1. The van der Waals surface area contributed by atoms with Crippen LogP contribution in [0.15, 0.2) is 188 Å². The molecule has 0 heterocycles. The summed E-state index contributed by atoms with van der Waals surface area (Å²) in [4.78, 5) is 2.42. The van der Waals surface area contributed by atoms with Crippen LogP contribution in [0.3, 0.4) is 0 Å². The topological polar surface area (TPSA) is 3.24 Å². The Balaban J connectivity index is 1.34. The van der Waals surface area contributed by atoms with Crippen molar-refractivity contribution in [3.63, 3.8) is 0 Å². The van der Waals surface area contributed by atoms with Crippen molar-refractivity contribution in [2.24, 2.45) is 0 Å². The maximum absolute atomic E-state index is 2.42. The molecular weight excluding hydrogens is 567 g/mol. The molecule has 9 rings (SSSR count). The molecule has 0 aromatic heterocycles. The van der Waals surface area contributed by atoms with Crippen LogP contribution in [0.1, 0.15) is 0 Å². The molecule has 0 atom stereocenters. The van der Waals surface area contributed by atoms with E-state index in [9.17, 15) is 0 Å².